The van der Waals surface area contributed by atoms with E-state index in [1.54, 1.807) is 6.92 Å². The lowest BCUT2D eigenvalue weighted by atomic mass is 9.98. The SMILES string of the molecule is CCS(=O)(=O)N1CCC(C(=O)OCC(=O)NC(CC(C)C)C(=O)OC)CC1. The van der Waals surface area contributed by atoms with E-state index in [2.05, 4.69) is 10.1 Å². The number of nitrogens with zero attached hydrogens (tertiary/aromatic N) is 1. The summed E-state index contributed by atoms with van der Waals surface area (Å²) < 4.78 is 34.7. The molecule has 0 radical (unpaired) electrons. The molecule has 1 atom stereocenters. The van der Waals surface area contributed by atoms with Gasteiger partial charge < -0.3 is 14.8 Å². The normalized spacial score (nSPS) is 17.4. The summed E-state index contributed by atoms with van der Waals surface area (Å²) in [5.41, 5.74) is 0. The highest BCUT2D eigenvalue weighted by atomic mass is 32.2. The van der Waals surface area contributed by atoms with Crippen molar-refractivity contribution in [2.24, 2.45) is 11.8 Å². The van der Waals surface area contributed by atoms with E-state index in [1.165, 1.54) is 11.4 Å². The van der Waals surface area contributed by atoms with Gasteiger partial charge in [0.05, 0.1) is 18.8 Å². The zero-order valence-corrected chi connectivity index (χ0v) is 17.2. The molecule has 1 unspecified atom stereocenters. The summed E-state index contributed by atoms with van der Waals surface area (Å²) in [6.45, 7) is 5.44. The lowest BCUT2D eigenvalue weighted by Crippen LogP contribution is -2.45. The van der Waals surface area contributed by atoms with Crippen molar-refractivity contribution in [1.29, 1.82) is 0 Å². The molecule has 9 nitrogen and oxygen atoms in total. The van der Waals surface area contributed by atoms with Crippen LogP contribution in [-0.4, -0.2) is 69.2 Å². The Labute approximate surface area is 160 Å². The van der Waals surface area contributed by atoms with Crippen molar-refractivity contribution in [3.05, 3.63) is 0 Å². The van der Waals surface area contributed by atoms with E-state index in [4.69, 9.17) is 4.74 Å². The maximum absolute atomic E-state index is 12.1. The van der Waals surface area contributed by atoms with Crippen LogP contribution in [0.1, 0.15) is 40.0 Å². The van der Waals surface area contributed by atoms with Crippen LogP contribution in [0.5, 0.6) is 0 Å². The van der Waals surface area contributed by atoms with Gasteiger partial charge in [0.25, 0.3) is 5.91 Å². The van der Waals surface area contributed by atoms with Crippen molar-refractivity contribution in [3.63, 3.8) is 0 Å². The second-order valence-electron chi connectivity index (χ2n) is 6.95. The zero-order chi connectivity index (χ0) is 20.6. The first-order valence-corrected chi connectivity index (χ1v) is 10.7. The first kappa shape index (κ1) is 23.4. The number of rotatable bonds is 9. The van der Waals surface area contributed by atoms with Crippen molar-refractivity contribution in [1.82, 2.24) is 9.62 Å². The molecule has 0 bridgehead atoms. The smallest absolute Gasteiger partial charge is 0.328 e. The number of ether oxygens (including phenoxy) is 2. The Morgan fingerprint density at radius 2 is 1.78 bits per heavy atom. The Bertz CT molecular complexity index is 625. The van der Waals surface area contributed by atoms with Crippen LogP contribution in [0.4, 0.5) is 0 Å². The van der Waals surface area contributed by atoms with E-state index in [0.717, 1.165) is 0 Å². The van der Waals surface area contributed by atoms with Crippen molar-refractivity contribution in [2.75, 3.05) is 32.6 Å². The third kappa shape index (κ3) is 7.45. The third-order valence-electron chi connectivity index (χ3n) is 4.42. The molecule has 27 heavy (non-hydrogen) atoms. The molecule has 1 amide bonds. The lowest BCUT2D eigenvalue weighted by Gasteiger charge is -2.29. The van der Waals surface area contributed by atoms with E-state index < -0.39 is 46.4 Å². The number of sulfonamides is 1. The van der Waals surface area contributed by atoms with Crippen LogP contribution in [0, 0.1) is 11.8 Å². The van der Waals surface area contributed by atoms with Crippen LogP contribution in [-0.2, 0) is 33.9 Å². The fraction of sp³-hybridized carbons (Fsp3) is 0.824. The summed E-state index contributed by atoms with van der Waals surface area (Å²) in [7, 11) is -2.01. The van der Waals surface area contributed by atoms with Crippen LogP contribution in [0.2, 0.25) is 0 Å². The summed E-state index contributed by atoms with van der Waals surface area (Å²) in [4.78, 5) is 35.8. The Balaban J connectivity index is 2.45. The molecule has 1 aliphatic heterocycles. The van der Waals surface area contributed by atoms with Crippen molar-refractivity contribution in [2.45, 2.75) is 46.1 Å². The largest absolute Gasteiger partial charge is 0.467 e. The number of methoxy groups -OCH3 is 1. The van der Waals surface area contributed by atoms with Crippen LogP contribution < -0.4 is 5.32 Å². The predicted molar refractivity (Wildman–Crippen MR) is 98.1 cm³/mol. The highest BCUT2D eigenvalue weighted by molar-refractivity contribution is 7.89. The molecule has 156 valence electrons. The van der Waals surface area contributed by atoms with Gasteiger partial charge in [-0.05, 0) is 32.1 Å². The lowest BCUT2D eigenvalue weighted by molar-refractivity contribution is -0.154. The van der Waals surface area contributed by atoms with Gasteiger partial charge in [-0.2, -0.15) is 0 Å². The summed E-state index contributed by atoms with van der Waals surface area (Å²) in [6.07, 6.45) is 1.13. The molecule has 1 saturated heterocycles. The van der Waals surface area contributed by atoms with Gasteiger partial charge in [0, 0.05) is 13.1 Å². The first-order valence-electron chi connectivity index (χ1n) is 9.12. The molecule has 0 saturated carbocycles. The number of hydrogen-bond donors (Lipinski definition) is 1. The maximum Gasteiger partial charge on any atom is 0.328 e. The molecule has 0 aromatic heterocycles. The molecule has 0 aromatic carbocycles. The van der Waals surface area contributed by atoms with Crippen LogP contribution in [0.25, 0.3) is 0 Å². The molecular weight excluding hydrogens is 376 g/mol. The minimum absolute atomic E-state index is 0.0278. The van der Waals surface area contributed by atoms with E-state index >= 15 is 0 Å². The van der Waals surface area contributed by atoms with E-state index in [0.29, 0.717) is 19.3 Å². The number of carbonyl (C=O) groups excluding carboxylic acids is 3. The molecule has 0 aliphatic carbocycles. The predicted octanol–water partition coefficient (Wildman–Crippen LogP) is 0.295. The Morgan fingerprint density at radius 1 is 1.19 bits per heavy atom. The minimum Gasteiger partial charge on any atom is -0.467 e. The van der Waals surface area contributed by atoms with E-state index in [1.807, 2.05) is 13.8 Å². The number of nitrogens with one attached hydrogen (secondary N) is 1. The second kappa shape index (κ2) is 10.6. The average molecular weight is 407 g/mol. The van der Waals surface area contributed by atoms with E-state index in [-0.39, 0.29) is 24.8 Å². The van der Waals surface area contributed by atoms with E-state index in [9.17, 15) is 22.8 Å². The van der Waals surface area contributed by atoms with Gasteiger partial charge in [-0.3, -0.25) is 9.59 Å². The number of carbonyl (C=O) groups is 3. The molecule has 1 fully saturated rings. The highest BCUT2D eigenvalue weighted by Crippen LogP contribution is 2.21. The highest BCUT2D eigenvalue weighted by Gasteiger charge is 2.31. The Morgan fingerprint density at radius 3 is 2.26 bits per heavy atom. The summed E-state index contributed by atoms with van der Waals surface area (Å²) in [5.74, 6) is -1.90. The topological polar surface area (TPSA) is 119 Å². The Kier molecular flexibility index (Phi) is 9.17. The van der Waals surface area contributed by atoms with Gasteiger partial charge in [0.15, 0.2) is 6.61 Å². The summed E-state index contributed by atoms with van der Waals surface area (Å²) in [5, 5.41) is 2.51. The molecule has 1 N–H and O–H groups in total. The van der Waals surface area contributed by atoms with Crippen LogP contribution in [0.3, 0.4) is 0 Å². The molecule has 1 heterocycles. The summed E-state index contributed by atoms with van der Waals surface area (Å²) >= 11 is 0. The molecule has 0 spiro atoms. The van der Waals surface area contributed by atoms with Gasteiger partial charge in [-0.25, -0.2) is 17.5 Å². The molecule has 1 rings (SSSR count). The van der Waals surface area contributed by atoms with Crippen molar-refractivity contribution < 1.29 is 32.3 Å². The molecule has 0 aromatic rings. The standard InChI is InChI=1S/C17H30N2O7S/c1-5-27(23,24)19-8-6-13(7-9-19)16(21)26-11-15(20)18-14(10-12(2)3)17(22)25-4/h12-14H,5-11H2,1-4H3,(H,18,20). The number of hydrogen-bond acceptors (Lipinski definition) is 7. The fourth-order valence-electron chi connectivity index (χ4n) is 2.87. The average Bonchev–Trinajstić information content (AvgIpc) is 2.64. The van der Waals surface area contributed by atoms with Crippen molar-refractivity contribution >= 4 is 27.9 Å². The first-order chi connectivity index (χ1) is 12.6. The van der Waals surface area contributed by atoms with Crippen LogP contribution in [0.15, 0.2) is 0 Å². The second-order valence-corrected chi connectivity index (χ2v) is 9.21. The van der Waals surface area contributed by atoms with Gasteiger partial charge in [-0.15, -0.1) is 0 Å². The fourth-order valence-corrected chi connectivity index (χ4v) is 4.00. The molecule has 1 aliphatic rings. The molecular formula is C17H30N2O7S. The number of esters is 2. The number of amides is 1. The van der Waals surface area contributed by atoms with Gasteiger partial charge >= 0.3 is 11.9 Å². The Hall–Kier alpha value is -1.68. The van der Waals surface area contributed by atoms with Gasteiger partial charge in [0.1, 0.15) is 6.04 Å². The summed E-state index contributed by atoms with van der Waals surface area (Å²) in [6, 6.07) is -0.788. The maximum atomic E-state index is 12.1. The third-order valence-corrected chi connectivity index (χ3v) is 6.30. The van der Waals surface area contributed by atoms with Crippen LogP contribution >= 0.6 is 0 Å². The quantitative estimate of drug-likeness (QED) is 0.547. The van der Waals surface area contributed by atoms with Crippen molar-refractivity contribution in [3.8, 4) is 0 Å². The number of piperidine rings is 1. The minimum atomic E-state index is -3.26. The van der Waals surface area contributed by atoms with Gasteiger partial charge in [-0.1, -0.05) is 13.8 Å². The molecule has 10 heteroatoms. The zero-order valence-electron chi connectivity index (χ0n) is 16.4. The van der Waals surface area contributed by atoms with Gasteiger partial charge in [0.2, 0.25) is 10.0 Å². The monoisotopic (exact) mass is 406 g/mol.